The minimum absolute atomic E-state index is 0. The summed E-state index contributed by atoms with van der Waals surface area (Å²) < 4.78 is 0.761. The third kappa shape index (κ3) is 4.11. The summed E-state index contributed by atoms with van der Waals surface area (Å²) in [7, 11) is 0. The second-order valence-corrected chi connectivity index (χ2v) is 3.60. The van der Waals surface area contributed by atoms with Crippen LogP contribution in [0.4, 0.5) is 0 Å². The second kappa shape index (κ2) is 7.75. The number of nitrogens with zero attached hydrogens (tertiary/aromatic N) is 1. The van der Waals surface area contributed by atoms with Crippen molar-refractivity contribution in [3.63, 3.8) is 0 Å². The van der Waals surface area contributed by atoms with Gasteiger partial charge in [0.05, 0.1) is 0 Å². The van der Waals surface area contributed by atoms with E-state index in [9.17, 15) is 19.2 Å². The number of unbranched alkanes of at least 4 members (excludes halogenated alkanes) is 1. The summed E-state index contributed by atoms with van der Waals surface area (Å²) in [6.07, 6.45) is 1.18. The number of aromatic amines is 1. The van der Waals surface area contributed by atoms with Crippen LogP contribution < -0.4 is 11.2 Å². The van der Waals surface area contributed by atoms with E-state index in [-0.39, 0.29) is 57.9 Å². The fourth-order valence-electron chi connectivity index (χ4n) is 1.52. The van der Waals surface area contributed by atoms with Crippen LogP contribution in [0.15, 0.2) is 9.59 Å². The Labute approximate surface area is 149 Å². The summed E-state index contributed by atoms with van der Waals surface area (Å²) in [5, 5.41) is 17.8. The Morgan fingerprint density at radius 2 is 1.79 bits per heavy atom. The molecule has 0 atom stereocenters. The summed E-state index contributed by atoms with van der Waals surface area (Å²) in [4.78, 5) is 46.5. The van der Waals surface area contributed by atoms with E-state index in [1.807, 2.05) is 6.92 Å². The van der Waals surface area contributed by atoms with Crippen LogP contribution in [-0.4, -0.2) is 83.1 Å². The Hall–Kier alpha value is -0.744. The van der Waals surface area contributed by atoms with Gasteiger partial charge in [-0.1, -0.05) is 13.3 Å². The number of aromatic carboxylic acids is 2. The molecule has 0 fully saturated rings. The van der Waals surface area contributed by atoms with E-state index >= 15 is 0 Å². The fraction of sp³-hybridized carbons (Fsp3) is 0.400. The summed E-state index contributed by atoms with van der Waals surface area (Å²) in [6.45, 7) is 1.86. The predicted octanol–water partition coefficient (Wildman–Crippen LogP) is -0.915. The molecular weight excluding hydrogens is 283 g/mol. The van der Waals surface area contributed by atoms with E-state index in [2.05, 4.69) is 0 Å². The first-order chi connectivity index (χ1) is 8.40. The molecule has 0 saturated heterocycles. The van der Waals surface area contributed by atoms with Crippen LogP contribution in [-0.2, 0) is 6.54 Å². The van der Waals surface area contributed by atoms with Crippen LogP contribution >= 0.6 is 0 Å². The first kappa shape index (κ1) is 18.3. The average molecular weight is 296 g/mol. The number of H-pyrrole nitrogens is 1. The van der Waals surface area contributed by atoms with E-state index in [0.717, 1.165) is 4.57 Å². The van der Waals surface area contributed by atoms with Crippen molar-refractivity contribution in [2.75, 3.05) is 0 Å². The molecule has 1 rings (SSSR count). The third-order valence-corrected chi connectivity index (χ3v) is 2.35. The second-order valence-electron chi connectivity index (χ2n) is 3.60. The van der Waals surface area contributed by atoms with Crippen molar-refractivity contribution >= 4 is 63.3 Å². The van der Waals surface area contributed by atoms with Gasteiger partial charge in [0.25, 0.3) is 5.56 Å². The maximum atomic E-state index is 11.5. The van der Waals surface area contributed by atoms with Crippen molar-refractivity contribution in [1.29, 1.82) is 0 Å². The van der Waals surface area contributed by atoms with Crippen molar-refractivity contribution in [1.82, 2.24) is 9.55 Å². The van der Waals surface area contributed by atoms with Gasteiger partial charge in [0.2, 0.25) is 0 Å². The van der Waals surface area contributed by atoms with E-state index in [0.29, 0.717) is 12.8 Å². The first-order valence-corrected chi connectivity index (χ1v) is 5.23. The number of hydrogen-bond donors (Lipinski definition) is 3. The van der Waals surface area contributed by atoms with Crippen LogP contribution in [0.25, 0.3) is 0 Å². The molecule has 9 heteroatoms. The first-order valence-electron chi connectivity index (χ1n) is 5.23. The SMILES string of the molecule is CCCCn1c(C(=O)O)c(C(=O)O)c(=O)[nH]c1=O.[KH]. The van der Waals surface area contributed by atoms with E-state index < -0.39 is 34.4 Å². The van der Waals surface area contributed by atoms with Crippen molar-refractivity contribution < 1.29 is 19.8 Å². The molecule has 0 saturated carbocycles. The van der Waals surface area contributed by atoms with Crippen molar-refractivity contribution in [3.8, 4) is 0 Å². The predicted molar refractivity (Wildman–Crippen MR) is 67.3 cm³/mol. The van der Waals surface area contributed by atoms with Gasteiger partial charge >= 0.3 is 69.0 Å². The molecule has 1 heterocycles. The van der Waals surface area contributed by atoms with Crippen molar-refractivity contribution in [2.24, 2.45) is 0 Å². The quantitative estimate of drug-likeness (QED) is 0.603. The maximum absolute atomic E-state index is 11.5. The van der Waals surface area contributed by atoms with Crippen LogP contribution in [0, 0.1) is 0 Å². The van der Waals surface area contributed by atoms with Crippen LogP contribution in [0.1, 0.15) is 40.6 Å². The third-order valence-electron chi connectivity index (χ3n) is 2.35. The molecule has 8 nitrogen and oxygen atoms in total. The van der Waals surface area contributed by atoms with Gasteiger partial charge in [0.15, 0.2) is 11.3 Å². The van der Waals surface area contributed by atoms with Gasteiger partial charge in [0, 0.05) is 6.54 Å². The van der Waals surface area contributed by atoms with Gasteiger partial charge in [-0.25, -0.2) is 14.4 Å². The molecule has 19 heavy (non-hydrogen) atoms. The zero-order chi connectivity index (χ0) is 13.9. The summed E-state index contributed by atoms with van der Waals surface area (Å²) in [5.41, 5.74) is -3.85. The molecule has 0 spiro atoms. The Morgan fingerprint density at radius 3 is 2.21 bits per heavy atom. The van der Waals surface area contributed by atoms with E-state index in [4.69, 9.17) is 10.2 Å². The Morgan fingerprint density at radius 1 is 1.21 bits per heavy atom. The number of carbonyl (C=O) groups is 2. The standard InChI is InChI=1S/C10H12N2O6.K.H/c1-2-3-4-12-6(9(16)17)5(8(14)15)7(13)11-10(12)18;;/h2-4H2,1H3,(H,14,15)(H,16,17)(H,11,13,18);;. The van der Waals surface area contributed by atoms with Crippen LogP contribution in [0.3, 0.4) is 0 Å². The van der Waals surface area contributed by atoms with Crippen molar-refractivity contribution in [2.45, 2.75) is 26.3 Å². The molecule has 1 aromatic heterocycles. The molecule has 0 aromatic carbocycles. The zero-order valence-corrected chi connectivity index (χ0v) is 9.60. The Kier molecular flexibility index (Phi) is 7.45. The molecule has 1 aromatic rings. The van der Waals surface area contributed by atoms with E-state index in [1.165, 1.54) is 0 Å². The monoisotopic (exact) mass is 296 g/mol. The average Bonchev–Trinajstić information content (AvgIpc) is 2.26. The molecule has 0 radical (unpaired) electrons. The number of carboxylic acid groups (broad SMARTS) is 2. The molecule has 0 amide bonds. The normalized spacial score (nSPS) is 9.74. The summed E-state index contributed by atoms with van der Waals surface area (Å²) in [5.74, 6) is -3.30. The minimum atomic E-state index is -1.68. The van der Waals surface area contributed by atoms with Gasteiger partial charge in [0.1, 0.15) is 0 Å². The van der Waals surface area contributed by atoms with Gasteiger partial charge in [-0.3, -0.25) is 14.3 Å². The molecular formula is C10H13KN2O6. The molecule has 3 N–H and O–H groups in total. The van der Waals surface area contributed by atoms with Gasteiger partial charge < -0.3 is 10.2 Å². The molecule has 0 aliphatic rings. The van der Waals surface area contributed by atoms with Gasteiger partial charge in [-0.05, 0) is 6.42 Å². The number of rotatable bonds is 5. The fourth-order valence-corrected chi connectivity index (χ4v) is 1.52. The Balaban J connectivity index is 0.00000324. The number of hydrogen-bond acceptors (Lipinski definition) is 4. The number of aromatic nitrogens is 2. The molecule has 0 aliphatic heterocycles. The number of nitrogens with one attached hydrogen (secondary N) is 1. The summed E-state index contributed by atoms with van der Waals surface area (Å²) >= 11 is 0. The Bertz CT molecular complexity index is 603. The summed E-state index contributed by atoms with van der Waals surface area (Å²) in [6, 6.07) is 0. The topological polar surface area (TPSA) is 129 Å². The van der Waals surface area contributed by atoms with Crippen LogP contribution in [0.2, 0.25) is 0 Å². The number of carboxylic acids is 2. The van der Waals surface area contributed by atoms with E-state index in [1.54, 1.807) is 4.98 Å². The van der Waals surface area contributed by atoms with Gasteiger partial charge in [-0.15, -0.1) is 0 Å². The molecule has 0 unspecified atom stereocenters. The van der Waals surface area contributed by atoms with Gasteiger partial charge in [-0.2, -0.15) is 0 Å². The molecule has 0 aliphatic carbocycles. The van der Waals surface area contributed by atoms with Crippen LogP contribution in [0.5, 0.6) is 0 Å². The molecule has 100 valence electrons. The zero-order valence-electron chi connectivity index (χ0n) is 9.60. The molecule has 0 bridgehead atoms. The van der Waals surface area contributed by atoms with Crippen molar-refractivity contribution in [3.05, 3.63) is 32.1 Å².